The van der Waals surface area contributed by atoms with Gasteiger partial charge in [0.15, 0.2) is 0 Å². The normalized spacial score (nSPS) is 18.5. The second kappa shape index (κ2) is 10.7. The molecule has 184 valence electrons. The number of nitrogens with one attached hydrogen (secondary N) is 3. The van der Waals surface area contributed by atoms with Gasteiger partial charge >= 0.3 is 5.97 Å². The molecule has 10 nitrogen and oxygen atoms in total. The Labute approximate surface area is 198 Å². The molecule has 0 spiro atoms. The number of carbonyl (C=O) groups excluding carboxylic acids is 3. The molecule has 4 atom stereocenters. The van der Waals surface area contributed by atoms with E-state index in [9.17, 15) is 24.3 Å². The summed E-state index contributed by atoms with van der Waals surface area (Å²) in [5.41, 5.74) is 7.95. The molecule has 6 N–H and O–H groups in total. The first-order chi connectivity index (χ1) is 16.1. The zero-order valence-electron chi connectivity index (χ0n) is 19.7. The highest BCUT2D eigenvalue weighted by Gasteiger charge is 2.39. The summed E-state index contributed by atoms with van der Waals surface area (Å²) in [4.78, 5) is 54.4. The number of rotatable bonds is 9. The number of amides is 3. The van der Waals surface area contributed by atoms with Crippen molar-refractivity contribution < 1.29 is 24.3 Å². The highest BCUT2D eigenvalue weighted by Crippen LogP contribution is 2.21. The number of carbonyl (C=O) groups is 4. The molecule has 0 bridgehead atoms. The number of para-hydroxylation sites is 1. The van der Waals surface area contributed by atoms with Crippen LogP contribution in [0.15, 0.2) is 30.5 Å². The number of nitrogens with zero attached hydrogens (tertiary/aromatic N) is 1. The summed E-state index contributed by atoms with van der Waals surface area (Å²) in [6.45, 7) is 5.40. The standard InChI is InChI=1S/C24H33N5O5/c1-13(2)20(23(32)29-10-6-9-19(29)24(33)34)28-21(30)14(3)27-22(31)17(25)11-15-12-26-18-8-5-4-7-16(15)18/h4-5,7-8,12-14,17,19-20,26H,6,9-11,25H2,1-3H3,(H,27,31)(H,28,30)(H,33,34). The first-order valence-electron chi connectivity index (χ1n) is 11.5. The molecule has 3 rings (SSSR count). The van der Waals surface area contributed by atoms with Crippen LogP contribution in [-0.4, -0.2) is 69.4 Å². The van der Waals surface area contributed by atoms with E-state index in [4.69, 9.17) is 5.73 Å². The van der Waals surface area contributed by atoms with E-state index >= 15 is 0 Å². The van der Waals surface area contributed by atoms with Crippen molar-refractivity contribution in [2.24, 2.45) is 11.7 Å². The summed E-state index contributed by atoms with van der Waals surface area (Å²) in [5.74, 6) is -2.76. The second-order valence-corrected chi connectivity index (χ2v) is 9.16. The van der Waals surface area contributed by atoms with Crippen LogP contribution in [0, 0.1) is 5.92 Å². The van der Waals surface area contributed by atoms with Crippen LogP contribution in [0.1, 0.15) is 39.2 Å². The van der Waals surface area contributed by atoms with Crippen molar-refractivity contribution in [2.45, 2.75) is 64.2 Å². The number of hydrogen-bond donors (Lipinski definition) is 5. The van der Waals surface area contributed by atoms with Crippen LogP contribution in [-0.2, 0) is 25.6 Å². The molecule has 10 heteroatoms. The molecule has 2 aromatic rings. The highest BCUT2D eigenvalue weighted by atomic mass is 16.4. The zero-order valence-corrected chi connectivity index (χ0v) is 19.7. The van der Waals surface area contributed by atoms with Gasteiger partial charge in [0.25, 0.3) is 0 Å². The molecular weight excluding hydrogens is 438 g/mol. The third-order valence-electron chi connectivity index (χ3n) is 6.25. The minimum absolute atomic E-state index is 0.265. The molecule has 4 unspecified atom stereocenters. The Bertz CT molecular complexity index is 1060. The molecule has 1 aromatic carbocycles. The zero-order chi connectivity index (χ0) is 25.0. The number of carboxylic acids is 1. The van der Waals surface area contributed by atoms with Crippen LogP contribution in [0.4, 0.5) is 0 Å². The summed E-state index contributed by atoms with van der Waals surface area (Å²) in [6, 6.07) is 4.13. The smallest absolute Gasteiger partial charge is 0.326 e. The molecule has 1 saturated heterocycles. The molecule has 1 aromatic heterocycles. The molecule has 1 aliphatic heterocycles. The molecule has 0 saturated carbocycles. The van der Waals surface area contributed by atoms with E-state index in [2.05, 4.69) is 15.6 Å². The molecule has 34 heavy (non-hydrogen) atoms. The second-order valence-electron chi connectivity index (χ2n) is 9.16. The molecular formula is C24H33N5O5. The van der Waals surface area contributed by atoms with Gasteiger partial charge in [-0.3, -0.25) is 14.4 Å². The monoisotopic (exact) mass is 471 g/mol. The minimum Gasteiger partial charge on any atom is -0.480 e. The Kier molecular flexibility index (Phi) is 7.93. The lowest BCUT2D eigenvalue weighted by atomic mass is 10.0. The van der Waals surface area contributed by atoms with Crippen LogP contribution in [0.2, 0.25) is 0 Å². The predicted octanol–water partition coefficient (Wildman–Crippen LogP) is 0.759. The number of benzene rings is 1. The lowest BCUT2D eigenvalue weighted by Crippen LogP contribution is -2.58. The number of likely N-dealkylation sites (tertiary alicyclic amines) is 1. The van der Waals surface area contributed by atoms with Crippen molar-refractivity contribution in [2.75, 3.05) is 6.54 Å². The number of aromatic nitrogens is 1. The average Bonchev–Trinajstić information content (AvgIpc) is 3.44. The van der Waals surface area contributed by atoms with E-state index < -0.39 is 47.9 Å². The quantitative estimate of drug-likeness (QED) is 0.363. The van der Waals surface area contributed by atoms with Crippen molar-refractivity contribution in [3.05, 3.63) is 36.0 Å². The van der Waals surface area contributed by atoms with E-state index in [0.717, 1.165) is 16.5 Å². The first kappa shape index (κ1) is 25.2. The lowest BCUT2D eigenvalue weighted by Gasteiger charge is -2.30. The van der Waals surface area contributed by atoms with E-state index in [-0.39, 0.29) is 5.92 Å². The van der Waals surface area contributed by atoms with E-state index in [1.54, 1.807) is 13.8 Å². The van der Waals surface area contributed by atoms with Crippen molar-refractivity contribution in [1.29, 1.82) is 0 Å². The number of aliphatic carboxylic acids is 1. The van der Waals surface area contributed by atoms with Gasteiger partial charge in [0.05, 0.1) is 6.04 Å². The van der Waals surface area contributed by atoms with Gasteiger partial charge in [-0.15, -0.1) is 0 Å². The predicted molar refractivity (Wildman–Crippen MR) is 127 cm³/mol. The fraction of sp³-hybridized carbons (Fsp3) is 0.500. The highest BCUT2D eigenvalue weighted by molar-refractivity contribution is 5.94. The maximum atomic E-state index is 13.0. The van der Waals surface area contributed by atoms with Gasteiger partial charge in [0, 0.05) is 23.6 Å². The summed E-state index contributed by atoms with van der Waals surface area (Å²) >= 11 is 0. The number of fused-ring (bicyclic) bond motifs is 1. The van der Waals surface area contributed by atoms with Crippen molar-refractivity contribution in [1.82, 2.24) is 20.5 Å². The summed E-state index contributed by atoms with van der Waals surface area (Å²) in [6.07, 6.45) is 3.10. The van der Waals surface area contributed by atoms with Gasteiger partial charge in [0.1, 0.15) is 18.1 Å². The Morgan fingerprint density at radius 3 is 2.53 bits per heavy atom. The Morgan fingerprint density at radius 1 is 1.15 bits per heavy atom. The Hall–Kier alpha value is -3.40. The van der Waals surface area contributed by atoms with Crippen LogP contribution >= 0.6 is 0 Å². The van der Waals surface area contributed by atoms with Gasteiger partial charge in [-0.1, -0.05) is 32.0 Å². The van der Waals surface area contributed by atoms with Crippen LogP contribution in [0.25, 0.3) is 10.9 Å². The molecule has 0 aliphatic carbocycles. The summed E-state index contributed by atoms with van der Waals surface area (Å²) in [5, 5.41) is 15.7. The molecule has 0 radical (unpaired) electrons. The minimum atomic E-state index is -1.05. The van der Waals surface area contributed by atoms with Crippen LogP contribution in [0.5, 0.6) is 0 Å². The van der Waals surface area contributed by atoms with E-state index in [1.165, 1.54) is 11.8 Å². The first-order valence-corrected chi connectivity index (χ1v) is 11.5. The van der Waals surface area contributed by atoms with Gasteiger partial charge in [-0.05, 0) is 43.7 Å². The van der Waals surface area contributed by atoms with Crippen LogP contribution < -0.4 is 16.4 Å². The SMILES string of the molecule is CC(NC(=O)C(N)Cc1c[nH]c2ccccc12)C(=O)NC(C(=O)N1CCCC1C(=O)O)C(C)C. The van der Waals surface area contributed by atoms with Crippen molar-refractivity contribution >= 4 is 34.6 Å². The fourth-order valence-corrected chi connectivity index (χ4v) is 4.27. The summed E-state index contributed by atoms with van der Waals surface area (Å²) < 4.78 is 0. The van der Waals surface area contributed by atoms with E-state index in [1.807, 2.05) is 30.5 Å². The van der Waals surface area contributed by atoms with Gasteiger partial charge in [-0.2, -0.15) is 0 Å². The Balaban J connectivity index is 1.59. The number of hydrogen-bond acceptors (Lipinski definition) is 5. The van der Waals surface area contributed by atoms with Crippen LogP contribution in [0.3, 0.4) is 0 Å². The number of carboxylic acid groups (broad SMARTS) is 1. The fourth-order valence-electron chi connectivity index (χ4n) is 4.27. The van der Waals surface area contributed by atoms with E-state index in [0.29, 0.717) is 25.8 Å². The van der Waals surface area contributed by atoms with Crippen molar-refractivity contribution in [3.8, 4) is 0 Å². The maximum absolute atomic E-state index is 13.0. The van der Waals surface area contributed by atoms with Gasteiger partial charge < -0.3 is 31.4 Å². The largest absolute Gasteiger partial charge is 0.480 e. The number of aromatic amines is 1. The van der Waals surface area contributed by atoms with Gasteiger partial charge in [0.2, 0.25) is 17.7 Å². The molecule has 1 fully saturated rings. The molecule has 1 aliphatic rings. The molecule has 3 amide bonds. The van der Waals surface area contributed by atoms with Gasteiger partial charge in [-0.25, -0.2) is 4.79 Å². The third kappa shape index (κ3) is 5.56. The maximum Gasteiger partial charge on any atom is 0.326 e. The number of nitrogens with two attached hydrogens (primary N) is 1. The molecule has 2 heterocycles. The topological polar surface area (TPSA) is 158 Å². The summed E-state index contributed by atoms with van der Waals surface area (Å²) in [7, 11) is 0. The number of H-pyrrole nitrogens is 1. The van der Waals surface area contributed by atoms with Crippen molar-refractivity contribution in [3.63, 3.8) is 0 Å². The lowest BCUT2D eigenvalue weighted by molar-refractivity contribution is -0.150. The Morgan fingerprint density at radius 2 is 1.85 bits per heavy atom. The average molecular weight is 472 g/mol. The third-order valence-corrected chi connectivity index (χ3v) is 6.25.